The van der Waals surface area contributed by atoms with E-state index in [9.17, 15) is 24.6 Å². The van der Waals surface area contributed by atoms with Gasteiger partial charge in [-0.25, -0.2) is 14.4 Å². The molecule has 0 aliphatic heterocycles. The maximum absolute atomic E-state index is 12.1. The highest BCUT2D eigenvalue weighted by Gasteiger charge is 2.04. The Morgan fingerprint density at radius 3 is 1.33 bits per heavy atom. The van der Waals surface area contributed by atoms with E-state index in [0.717, 1.165) is 47.1 Å². The number of nitrogen functional groups attached to an aromatic ring is 1. The summed E-state index contributed by atoms with van der Waals surface area (Å²) in [5, 5.41) is 26.6. The fraction of sp³-hybridized carbons (Fsp3) is 0. The highest BCUT2D eigenvalue weighted by molar-refractivity contribution is 5.85. The SMILES string of the molecule is Cl.Cl.Nc1ccc(Nc2ccccn2)cc1.O=[N+]([O-])c1ccc(F)cc1.O=[N+]([O-])c1ccc(Nc2ccccn2)cc1. The fourth-order valence-corrected chi connectivity index (χ4v) is 2.96. The van der Waals surface area contributed by atoms with E-state index in [1.54, 1.807) is 24.5 Å². The molecule has 3 aromatic carbocycles. The first-order valence-electron chi connectivity index (χ1n) is 11.7. The first-order chi connectivity index (χ1) is 19.3. The molecule has 14 heteroatoms. The molecule has 0 aliphatic carbocycles. The van der Waals surface area contributed by atoms with Gasteiger partial charge in [-0.15, -0.1) is 24.8 Å². The van der Waals surface area contributed by atoms with Gasteiger partial charge in [-0.3, -0.25) is 20.2 Å². The third-order valence-corrected chi connectivity index (χ3v) is 4.90. The van der Waals surface area contributed by atoms with Gasteiger partial charge in [0, 0.05) is 53.7 Å². The summed E-state index contributed by atoms with van der Waals surface area (Å²) >= 11 is 0. The Morgan fingerprint density at radius 1 is 0.595 bits per heavy atom. The number of nitro groups is 2. The highest BCUT2D eigenvalue weighted by atomic mass is 35.5. The van der Waals surface area contributed by atoms with Crippen molar-refractivity contribution in [1.82, 2.24) is 9.97 Å². The smallest absolute Gasteiger partial charge is 0.269 e. The molecule has 0 amide bonds. The Labute approximate surface area is 252 Å². The third kappa shape index (κ3) is 12.2. The first-order valence-corrected chi connectivity index (χ1v) is 11.7. The minimum atomic E-state index is -0.570. The maximum Gasteiger partial charge on any atom is 0.269 e. The molecule has 42 heavy (non-hydrogen) atoms. The van der Waals surface area contributed by atoms with Gasteiger partial charge in [0.2, 0.25) is 0 Å². The molecule has 0 aliphatic rings. The van der Waals surface area contributed by atoms with Crippen LogP contribution in [0.2, 0.25) is 0 Å². The number of benzene rings is 3. The quantitative estimate of drug-likeness (QED) is 0.0987. The van der Waals surface area contributed by atoms with Crippen LogP contribution < -0.4 is 16.4 Å². The maximum atomic E-state index is 12.1. The Kier molecular flexibility index (Phi) is 15.0. The van der Waals surface area contributed by atoms with E-state index in [0.29, 0.717) is 5.82 Å². The summed E-state index contributed by atoms with van der Waals surface area (Å²) in [7, 11) is 0. The number of nitro benzene ring substituents is 2. The average molecular weight is 614 g/mol. The molecule has 0 saturated heterocycles. The van der Waals surface area contributed by atoms with E-state index in [1.165, 1.54) is 12.1 Å². The van der Waals surface area contributed by atoms with Crippen LogP contribution in [0.5, 0.6) is 0 Å². The number of nitrogens with one attached hydrogen (secondary N) is 2. The Hall–Kier alpha value is -5.33. The second-order valence-corrected chi connectivity index (χ2v) is 7.84. The van der Waals surface area contributed by atoms with Gasteiger partial charge in [-0.1, -0.05) is 12.1 Å². The molecule has 0 unspecified atom stereocenters. The molecule has 0 atom stereocenters. The largest absolute Gasteiger partial charge is 0.399 e. The van der Waals surface area contributed by atoms with Crippen LogP contribution >= 0.6 is 24.8 Å². The highest BCUT2D eigenvalue weighted by Crippen LogP contribution is 2.18. The van der Waals surface area contributed by atoms with Crippen molar-refractivity contribution >= 4 is 64.9 Å². The number of pyridine rings is 2. The van der Waals surface area contributed by atoms with Crippen molar-refractivity contribution < 1.29 is 14.2 Å². The van der Waals surface area contributed by atoms with E-state index in [1.807, 2.05) is 60.7 Å². The summed E-state index contributed by atoms with van der Waals surface area (Å²) in [5.41, 5.74) is 8.07. The van der Waals surface area contributed by atoms with Gasteiger partial charge in [0.15, 0.2) is 0 Å². The van der Waals surface area contributed by atoms with Crippen molar-refractivity contribution in [3.8, 4) is 0 Å². The van der Waals surface area contributed by atoms with Crippen LogP contribution in [0.25, 0.3) is 0 Å². The van der Waals surface area contributed by atoms with E-state index in [4.69, 9.17) is 5.73 Å². The molecular weight excluding hydrogens is 588 g/mol. The molecule has 5 rings (SSSR count). The topological polar surface area (TPSA) is 162 Å². The zero-order valence-electron chi connectivity index (χ0n) is 21.7. The van der Waals surface area contributed by atoms with E-state index >= 15 is 0 Å². The second-order valence-electron chi connectivity index (χ2n) is 7.84. The third-order valence-electron chi connectivity index (χ3n) is 4.90. The molecule has 0 bridgehead atoms. The molecular formula is C28H26Cl2FN7O4. The van der Waals surface area contributed by atoms with Gasteiger partial charge in [-0.05, 0) is 72.8 Å². The van der Waals surface area contributed by atoms with Gasteiger partial charge in [-0.2, -0.15) is 0 Å². The summed E-state index contributed by atoms with van der Waals surface area (Å²) in [6, 6.07) is 29.3. The van der Waals surface area contributed by atoms with Gasteiger partial charge in [0.25, 0.3) is 11.4 Å². The molecule has 11 nitrogen and oxygen atoms in total. The van der Waals surface area contributed by atoms with Crippen LogP contribution in [-0.4, -0.2) is 19.8 Å². The van der Waals surface area contributed by atoms with Crippen molar-refractivity contribution in [2.45, 2.75) is 0 Å². The Balaban J connectivity index is 0.000000315. The van der Waals surface area contributed by atoms with Crippen LogP contribution in [0.15, 0.2) is 122 Å². The van der Waals surface area contributed by atoms with Crippen LogP contribution in [-0.2, 0) is 0 Å². The lowest BCUT2D eigenvalue weighted by molar-refractivity contribution is -0.385. The van der Waals surface area contributed by atoms with Crippen LogP contribution in [0.3, 0.4) is 0 Å². The number of hydrogen-bond acceptors (Lipinski definition) is 9. The number of nitrogens with zero attached hydrogens (tertiary/aromatic N) is 4. The molecule has 0 spiro atoms. The molecule has 2 aromatic heterocycles. The predicted molar refractivity (Wildman–Crippen MR) is 167 cm³/mol. The van der Waals surface area contributed by atoms with Gasteiger partial charge in [0.1, 0.15) is 17.5 Å². The van der Waals surface area contributed by atoms with Crippen molar-refractivity contribution in [3.63, 3.8) is 0 Å². The lowest BCUT2D eigenvalue weighted by Gasteiger charge is -2.04. The summed E-state index contributed by atoms with van der Waals surface area (Å²) in [6.45, 7) is 0. The van der Waals surface area contributed by atoms with E-state index in [2.05, 4.69) is 20.6 Å². The van der Waals surface area contributed by atoms with Crippen LogP contribution in [0, 0.1) is 26.0 Å². The summed E-state index contributed by atoms with van der Waals surface area (Å²) in [5.74, 6) is 1.07. The number of nitrogens with two attached hydrogens (primary N) is 1. The summed E-state index contributed by atoms with van der Waals surface area (Å²) in [4.78, 5) is 27.7. The zero-order chi connectivity index (χ0) is 28.7. The van der Waals surface area contributed by atoms with Gasteiger partial charge >= 0.3 is 0 Å². The van der Waals surface area contributed by atoms with Crippen LogP contribution in [0.1, 0.15) is 0 Å². The standard InChI is InChI=1S/C11H9N3O2.C11H11N3.C6H4FNO2.2ClH/c15-14(16)10-6-4-9(5-7-10)13-11-3-1-2-8-12-11;12-9-4-6-10(7-5-9)14-11-3-1-2-8-13-11;7-5-1-3-6(4-2-5)8(9)10;;/h1-8H,(H,12,13);1-8H,12H2,(H,13,14);1-4H;2*1H. The number of non-ortho nitro benzene ring substituents is 2. The number of hydrogen-bond donors (Lipinski definition) is 3. The minimum Gasteiger partial charge on any atom is -0.399 e. The molecule has 218 valence electrons. The van der Waals surface area contributed by atoms with Crippen molar-refractivity contribution in [3.05, 3.63) is 148 Å². The lowest BCUT2D eigenvalue weighted by Crippen LogP contribution is -1.93. The van der Waals surface area contributed by atoms with Crippen LogP contribution in [0.4, 0.5) is 44.5 Å². The van der Waals surface area contributed by atoms with Crippen molar-refractivity contribution in [1.29, 1.82) is 0 Å². The van der Waals surface area contributed by atoms with Gasteiger partial charge in [0.05, 0.1) is 9.85 Å². The molecule has 0 saturated carbocycles. The van der Waals surface area contributed by atoms with Gasteiger partial charge < -0.3 is 16.4 Å². The Morgan fingerprint density at radius 2 is 0.976 bits per heavy atom. The molecule has 5 aromatic rings. The Bertz CT molecular complexity index is 1500. The molecule has 4 N–H and O–H groups in total. The zero-order valence-corrected chi connectivity index (χ0v) is 23.4. The number of aromatic nitrogens is 2. The number of rotatable bonds is 6. The average Bonchev–Trinajstić information content (AvgIpc) is 2.97. The number of halogens is 3. The normalized spacial score (nSPS) is 9.17. The van der Waals surface area contributed by atoms with Crippen molar-refractivity contribution in [2.75, 3.05) is 16.4 Å². The lowest BCUT2D eigenvalue weighted by atomic mass is 10.3. The molecule has 2 heterocycles. The minimum absolute atomic E-state index is 0. The molecule has 0 fully saturated rings. The predicted octanol–water partition coefficient (Wildman–Crippen LogP) is 7.72. The summed E-state index contributed by atoms with van der Waals surface area (Å²) in [6.07, 6.45) is 3.42. The summed E-state index contributed by atoms with van der Waals surface area (Å²) < 4.78 is 12.1. The number of anilines is 5. The van der Waals surface area contributed by atoms with E-state index < -0.39 is 15.7 Å². The second kappa shape index (κ2) is 18.1. The monoisotopic (exact) mass is 613 g/mol. The molecule has 0 radical (unpaired) electrons. The van der Waals surface area contributed by atoms with Crippen molar-refractivity contribution in [2.24, 2.45) is 0 Å². The fourth-order valence-electron chi connectivity index (χ4n) is 2.96. The van der Waals surface area contributed by atoms with E-state index in [-0.39, 0.29) is 36.2 Å². The first kappa shape index (κ1) is 34.7.